The molecule has 3 aromatic rings. The zero-order valence-corrected chi connectivity index (χ0v) is 13.6. The number of pyridine rings is 1. The van der Waals surface area contributed by atoms with Gasteiger partial charge in [-0.25, -0.2) is 14.6 Å². The molecule has 3 rings (SSSR count). The number of nitrogens with two attached hydrogens (primary N) is 1. The maximum Gasteiger partial charge on any atom is 0.288 e. The third kappa shape index (κ3) is 3.36. The summed E-state index contributed by atoms with van der Waals surface area (Å²) in [5, 5.41) is 4.64. The molecule has 2 aromatic heterocycles. The van der Waals surface area contributed by atoms with Crippen molar-refractivity contribution in [1.82, 2.24) is 19.7 Å². The third-order valence-electron chi connectivity index (χ3n) is 3.34. The van der Waals surface area contributed by atoms with Gasteiger partial charge in [0.05, 0.1) is 13.7 Å². The summed E-state index contributed by atoms with van der Waals surface area (Å²) in [5.41, 5.74) is 7.73. The van der Waals surface area contributed by atoms with Crippen molar-refractivity contribution in [3.8, 4) is 17.0 Å². The second-order valence-corrected chi connectivity index (χ2v) is 5.48. The molecule has 0 bridgehead atoms. The summed E-state index contributed by atoms with van der Waals surface area (Å²) in [5.74, 6) is -0.190. The van der Waals surface area contributed by atoms with Gasteiger partial charge < -0.3 is 10.5 Å². The van der Waals surface area contributed by atoms with Crippen molar-refractivity contribution in [3.05, 3.63) is 59.3 Å². The topological polar surface area (TPSA) is 95.9 Å². The fourth-order valence-corrected chi connectivity index (χ4v) is 2.47. The zero-order valence-electron chi connectivity index (χ0n) is 12.8. The predicted molar refractivity (Wildman–Crippen MR) is 88.9 cm³/mol. The van der Waals surface area contributed by atoms with Crippen molar-refractivity contribution < 1.29 is 9.53 Å². The molecule has 24 heavy (non-hydrogen) atoms. The Morgan fingerprint density at radius 3 is 2.83 bits per heavy atom. The lowest BCUT2D eigenvalue weighted by Gasteiger charge is -2.10. The summed E-state index contributed by atoms with van der Waals surface area (Å²) in [7, 11) is 1.56. The Balaban J connectivity index is 1.95. The van der Waals surface area contributed by atoms with Crippen LogP contribution in [0.3, 0.4) is 0 Å². The van der Waals surface area contributed by atoms with Crippen molar-refractivity contribution in [3.63, 3.8) is 0 Å². The molecular weight excluding hydrogens is 330 g/mol. The van der Waals surface area contributed by atoms with E-state index in [-0.39, 0.29) is 5.82 Å². The van der Waals surface area contributed by atoms with Crippen LogP contribution in [0.25, 0.3) is 11.1 Å². The zero-order chi connectivity index (χ0) is 17.1. The second kappa shape index (κ2) is 6.67. The minimum absolute atomic E-state index is 0.0217. The first-order valence-corrected chi connectivity index (χ1v) is 7.42. The minimum Gasteiger partial charge on any atom is -0.481 e. The number of hydrogen-bond donors (Lipinski definition) is 1. The maximum absolute atomic E-state index is 11.1. The molecular formula is C16H14ClN5O2. The SMILES string of the molecule is COc1ncc(Cn2cnc(C(N)=O)n2)cc1-c1cccc(Cl)c1. The van der Waals surface area contributed by atoms with Gasteiger partial charge in [-0.1, -0.05) is 23.7 Å². The van der Waals surface area contributed by atoms with E-state index in [4.69, 9.17) is 22.1 Å². The molecule has 0 aliphatic carbocycles. The quantitative estimate of drug-likeness (QED) is 0.765. The largest absolute Gasteiger partial charge is 0.481 e. The molecule has 0 saturated heterocycles. The molecule has 0 unspecified atom stereocenters. The summed E-state index contributed by atoms with van der Waals surface area (Å²) < 4.78 is 6.85. The van der Waals surface area contributed by atoms with Crippen LogP contribution in [0.5, 0.6) is 5.88 Å². The molecule has 8 heteroatoms. The van der Waals surface area contributed by atoms with Gasteiger partial charge in [-0.2, -0.15) is 0 Å². The highest BCUT2D eigenvalue weighted by Gasteiger charge is 2.11. The molecule has 1 amide bonds. The van der Waals surface area contributed by atoms with E-state index in [0.29, 0.717) is 17.4 Å². The number of aromatic nitrogens is 4. The Bertz CT molecular complexity index is 894. The molecule has 0 aliphatic heterocycles. The molecule has 0 aliphatic rings. The highest BCUT2D eigenvalue weighted by Crippen LogP contribution is 2.30. The van der Waals surface area contributed by atoms with Crippen LogP contribution in [0.1, 0.15) is 16.2 Å². The maximum atomic E-state index is 11.1. The van der Waals surface area contributed by atoms with E-state index >= 15 is 0 Å². The number of primary amides is 1. The number of carbonyl (C=O) groups is 1. The van der Waals surface area contributed by atoms with Gasteiger partial charge in [-0.05, 0) is 29.3 Å². The van der Waals surface area contributed by atoms with Crippen molar-refractivity contribution in [2.24, 2.45) is 5.73 Å². The van der Waals surface area contributed by atoms with E-state index < -0.39 is 5.91 Å². The number of rotatable bonds is 5. The van der Waals surface area contributed by atoms with Gasteiger partial charge in [-0.15, -0.1) is 5.10 Å². The number of carbonyl (C=O) groups excluding carboxylic acids is 1. The summed E-state index contributed by atoms with van der Waals surface area (Å²) in [6, 6.07) is 9.36. The lowest BCUT2D eigenvalue weighted by atomic mass is 10.1. The summed E-state index contributed by atoms with van der Waals surface area (Å²) >= 11 is 6.06. The predicted octanol–water partition coefficient (Wildman–Crippen LogP) is 2.15. The fraction of sp³-hybridized carbons (Fsp3) is 0.125. The number of hydrogen-bond acceptors (Lipinski definition) is 5. The van der Waals surface area contributed by atoms with Crippen LogP contribution in [-0.2, 0) is 6.54 Å². The number of halogens is 1. The third-order valence-corrected chi connectivity index (χ3v) is 3.57. The molecule has 0 radical (unpaired) electrons. The van der Waals surface area contributed by atoms with Gasteiger partial charge in [0.25, 0.3) is 5.91 Å². The van der Waals surface area contributed by atoms with E-state index in [1.807, 2.05) is 24.3 Å². The van der Waals surface area contributed by atoms with Crippen LogP contribution in [0.2, 0.25) is 5.02 Å². The van der Waals surface area contributed by atoms with E-state index in [2.05, 4.69) is 15.1 Å². The van der Waals surface area contributed by atoms with Crippen molar-refractivity contribution >= 4 is 17.5 Å². The van der Waals surface area contributed by atoms with Gasteiger partial charge in [0.15, 0.2) is 0 Å². The first kappa shape index (κ1) is 15.9. The molecule has 0 atom stereocenters. The molecule has 7 nitrogen and oxygen atoms in total. The lowest BCUT2D eigenvalue weighted by Crippen LogP contribution is -2.14. The smallest absolute Gasteiger partial charge is 0.288 e. The first-order chi connectivity index (χ1) is 11.6. The van der Waals surface area contributed by atoms with Crippen LogP contribution < -0.4 is 10.5 Å². The van der Waals surface area contributed by atoms with Gasteiger partial charge in [0.1, 0.15) is 6.33 Å². The minimum atomic E-state index is -0.666. The molecule has 122 valence electrons. The fourth-order valence-electron chi connectivity index (χ4n) is 2.28. The van der Waals surface area contributed by atoms with E-state index in [1.165, 1.54) is 11.0 Å². The van der Waals surface area contributed by atoms with Gasteiger partial charge >= 0.3 is 0 Å². The first-order valence-electron chi connectivity index (χ1n) is 7.05. The molecule has 2 heterocycles. The van der Waals surface area contributed by atoms with Crippen LogP contribution in [0.4, 0.5) is 0 Å². The van der Waals surface area contributed by atoms with E-state index in [1.54, 1.807) is 19.4 Å². The molecule has 0 fully saturated rings. The second-order valence-electron chi connectivity index (χ2n) is 5.04. The Morgan fingerprint density at radius 2 is 2.17 bits per heavy atom. The summed E-state index contributed by atoms with van der Waals surface area (Å²) in [6.45, 7) is 0.394. The van der Waals surface area contributed by atoms with Gasteiger partial charge in [0, 0.05) is 16.8 Å². The molecule has 2 N–H and O–H groups in total. The number of methoxy groups -OCH3 is 1. The van der Waals surface area contributed by atoms with Crippen molar-refractivity contribution in [2.75, 3.05) is 7.11 Å². The van der Waals surface area contributed by atoms with Crippen LogP contribution in [0.15, 0.2) is 42.9 Å². The van der Waals surface area contributed by atoms with Gasteiger partial charge in [0.2, 0.25) is 11.7 Å². The highest BCUT2D eigenvalue weighted by molar-refractivity contribution is 6.30. The Morgan fingerprint density at radius 1 is 1.33 bits per heavy atom. The normalized spacial score (nSPS) is 10.6. The average Bonchev–Trinajstić information content (AvgIpc) is 3.03. The Kier molecular flexibility index (Phi) is 4.43. The summed E-state index contributed by atoms with van der Waals surface area (Å²) in [6.07, 6.45) is 3.13. The molecule has 0 spiro atoms. The van der Waals surface area contributed by atoms with Crippen LogP contribution in [-0.4, -0.2) is 32.8 Å². The highest BCUT2D eigenvalue weighted by atomic mass is 35.5. The molecule has 0 saturated carbocycles. The number of amides is 1. The Labute approximate surface area is 143 Å². The van der Waals surface area contributed by atoms with Crippen LogP contribution in [0, 0.1) is 0 Å². The van der Waals surface area contributed by atoms with Crippen molar-refractivity contribution in [1.29, 1.82) is 0 Å². The standard InChI is InChI=1S/C16H14ClN5O2/c1-24-16-13(11-3-2-4-12(17)6-11)5-10(7-19-16)8-22-9-20-15(21-22)14(18)23/h2-7,9H,8H2,1H3,(H2,18,23). The number of nitrogens with zero attached hydrogens (tertiary/aromatic N) is 4. The number of benzene rings is 1. The number of ether oxygens (including phenoxy) is 1. The summed E-state index contributed by atoms with van der Waals surface area (Å²) in [4.78, 5) is 19.2. The van der Waals surface area contributed by atoms with E-state index in [0.717, 1.165) is 16.7 Å². The lowest BCUT2D eigenvalue weighted by molar-refractivity contribution is 0.0990. The van der Waals surface area contributed by atoms with E-state index in [9.17, 15) is 4.79 Å². The van der Waals surface area contributed by atoms with Crippen molar-refractivity contribution in [2.45, 2.75) is 6.54 Å². The molecule has 1 aromatic carbocycles. The van der Waals surface area contributed by atoms with Crippen LogP contribution >= 0.6 is 11.6 Å². The Hall–Kier alpha value is -2.93. The average molecular weight is 344 g/mol. The monoisotopic (exact) mass is 343 g/mol. The van der Waals surface area contributed by atoms with Gasteiger partial charge in [-0.3, -0.25) is 4.79 Å².